The smallest absolute Gasteiger partial charge is 0.305 e. The quantitative estimate of drug-likeness (QED) is 0.558. The lowest BCUT2D eigenvalue weighted by Crippen LogP contribution is -2.25. The summed E-state index contributed by atoms with van der Waals surface area (Å²) in [6, 6.07) is 5.24. The van der Waals surface area contributed by atoms with Crippen LogP contribution in [0.4, 0.5) is 0 Å². The van der Waals surface area contributed by atoms with E-state index in [1.807, 2.05) is 6.07 Å². The van der Waals surface area contributed by atoms with Gasteiger partial charge >= 0.3 is 5.97 Å². The number of carbonyl (C=O) groups excluding carboxylic acids is 2. The predicted octanol–water partition coefficient (Wildman–Crippen LogP) is 1.30. The number of amides is 1. The molecule has 1 unspecified atom stereocenters. The van der Waals surface area contributed by atoms with Crippen LogP contribution in [0.2, 0.25) is 0 Å². The minimum Gasteiger partial charge on any atom is -0.496 e. The minimum atomic E-state index is -0.482. The van der Waals surface area contributed by atoms with Crippen molar-refractivity contribution in [2.75, 3.05) is 20.8 Å². The summed E-state index contributed by atoms with van der Waals surface area (Å²) in [6.07, 6.45) is 0.751. The number of hydrogen-bond acceptors (Lipinski definition) is 5. The molecule has 0 bridgehead atoms. The number of benzene rings is 1. The Morgan fingerprint density at radius 1 is 1.32 bits per heavy atom. The first-order chi connectivity index (χ1) is 10.5. The average molecular weight is 309 g/mol. The molecule has 0 fully saturated rings. The van der Waals surface area contributed by atoms with Crippen LogP contribution in [0.5, 0.6) is 5.75 Å². The van der Waals surface area contributed by atoms with Gasteiger partial charge in [-0.3, -0.25) is 9.59 Å². The number of carbonyl (C=O) groups is 2. The summed E-state index contributed by atoms with van der Waals surface area (Å²) < 4.78 is 9.73. The van der Waals surface area contributed by atoms with Crippen LogP contribution < -0.4 is 10.1 Å². The lowest BCUT2D eigenvalue weighted by atomic mass is 10.0. The fourth-order valence-corrected chi connectivity index (χ4v) is 2.03. The molecule has 6 nitrogen and oxygen atoms in total. The molecule has 6 heteroatoms. The molecule has 1 atom stereocenters. The van der Waals surface area contributed by atoms with Crippen molar-refractivity contribution in [1.29, 1.82) is 0 Å². The molecule has 2 N–H and O–H groups in total. The van der Waals surface area contributed by atoms with Gasteiger partial charge in [-0.05, 0) is 37.5 Å². The first-order valence-electron chi connectivity index (χ1n) is 7.18. The Morgan fingerprint density at radius 2 is 2.05 bits per heavy atom. The first kappa shape index (κ1) is 18.0. The summed E-state index contributed by atoms with van der Waals surface area (Å²) in [5.41, 5.74) is 1.27. The van der Waals surface area contributed by atoms with E-state index in [2.05, 4.69) is 10.1 Å². The van der Waals surface area contributed by atoms with Gasteiger partial charge < -0.3 is 19.9 Å². The normalized spacial score (nSPS) is 11.6. The van der Waals surface area contributed by atoms with Gasteiger partial charge in [-0.15, -0.1) is 0 Å². The van der Waals surface area contributed by atoms with Crippen LogP contribution in [0.15, 0.2) is 18.2 Å². The third-order valence-electron chi connectivity index (χ3n) is 3.11. The summed E-state index contributed by atoms with van der Waals surface area (Å²) in [7, 11) is 2.83. The number of aliphatic hydroxyl groups excluding tert-OH is 1. The van der Waals surface area contributed by atoms with Crippen LogP contribution >= 0.6 is 0 Å². The Bertz CT molecular complexity index is 513. The topological polar surface area (TPSA) is 84.9 Å². The Labute approximate surface area is 130 Å². The Hall–Kier alpha value is -2.08. The van der Waals surface area contributed by atoms with Crippen molar-refractivity contribution in [3.05, 3.63) is 29.3 Å². The standard InChI is InChI=1S/C16H23NO5/c1-11(18)9-12-6-7-14(21-2)13(10-12)16(20)17-8-4-5-15(19)22-3/h6-7,10-11,18H,4-5,8-9H2,1-3H3,(H,17,20). The molecule has 0 saturated heterocycles. The zero-order valence-corrected chi connectivity index (χ0v) is 13.2. The number of hydrogen-bond donors (Lipinski definition) is 2. The van der Waals surface area contributed by atoms with E-state index in [0.717, 1.165) is 5.56 Å². The summed E-state index contributed by atoms with van der Waals surface area (Å²) >= 11 is 0. The minimum absolute atomic E-state index is 0.260. The number of nitrogens with one attached hydrogen (secondary N) is 1. The summed E-state index contributed by atoms with van der Waals surface area (Å²) in [5, 5.41) is 12.2. The monoisotopic (exact) mass is 309 g/mol. The largest absolute Gasteiger partial charge is 0.496 e. The van der Waals surface area contributed by atoms with Crippen LogP contribution in [0, 0.1) is 0 Å². The molecule has 0 aliphatic carbocycles. The molecule has 1 aromatic rings. The zero-order chi connectivity index (χ0) is 16.5. The van der Waals surface area contributed by atoms with Gasteiger partial charge in [0, 0.05) is 13.0 Å². The Morgan fingerprint density at radius 3 is 2.64 bits per heavy atom. The number of esters is 1. The number of methoxy groups -OCH3 is 2. The highest BCUT2D eigenvalue weighted by molar-refractivity contribution is 5.97. The van der Waals surface area contributed by atoms with Gasteiger partial charge in [-0.1, -0.05) is 6.07 Å². The number of rotatable bonds is 8. The molecule has 1 rings (SSSR count). The van der Waals surface area contributed by atoms with E-state index < -0.39 is 6.10 Å². The van der Waals surface area contributed by atoms with Crippen LogP contribution in [-0.4, -0.2) is 43.9 Å². The first-order valence-corrected chi connectivity index (χ1v) is 7.18. The molecule has 0 saturated carbocycles. The average Bonchev–Trinajstić information content (AvgIpc) is 2.50. The molecular formula is C16H23NO5. The van der Waals surface area contributed by atoms with Crippen molar-refractivity contribution in [1.82, 2.24) is 5.32 Å². The van der Waals surface area contributed by atoms with Crippen LogP contribution in [-0.2, 0) is 16.0 Å². The van der Waals surface area contributed by atoms with Gasteiger partial charge in [0.2, 0.25) is 0 Å². The maximum Gasteiger partial charge on any atom is 0.305 e. The third-order valence-corrected chi connectivity index (χ3v) is 3.11. The van der Waals surface area contributed by atoms with Crippen molar-refractivity contribution in [2.24, 2.45) is 0 Å². The predicted molar refractivity (Wildman–Crippen MR) is 82.0 cm³/mol. The van der Waals surface area contributed by atoms with E-state index in [4.69, 9.17) is 4.74 Å². The van der Waals surface area contributed by atoms with Gasteiger partial charge in [-0.2, -0.15) is 0 Å². The fourth-order valence-electron chi connectivity index (χ4n) is 2.03. The molecule has 0 heterocycles. The highest BCUT2D eigenvalue weighted by atomic mass is 16.5. The number of aliphatic hydroxyl groups is 1. The molecule has 1 amide bonds. The molecule has 0 aromatic heterocycles. The lowest BCUT2D eigenvalue weighted by molar-refractivity contribution is -0.140. The third kappa shape index (κ3) is 5.73. The van der Waals surface area contributed by atoms with Gasteiger partial charge in [0.05, 0.1) is 25.9 Å². The highest BCUT2D eigenvalue weighted by Crippen LogP contribution is 2.20. The van der Waals surface area contributed by atoms with Crippen LogP contribution in [0.25, 0.3) is 0 Å². The van der Waals surface area contributed by atoms with Gasteiger partial charge in [0.1, 0.15) is 5.75 Å². The van der Waals surface area contributed by atoms with Crippen molar-refractivity contribution in [3.8, 4) is 5.75 Å². The SMILES string of the molecule is COC(=O)CCCNC(=O)c1cc(CC(C)O)ccc1OC. The maximum atomic E-state index is 12.2. The van der Waals surface area contributed by atoms with Crippen molar-refractivity contribution in [2.45, 2.75) is 32.3 Å². The summed E-state index contributed by atoms with van der Waals surface area (Å²) in [5.74, 6) is -0.0975. The van der Waals surface area contributed by atoms with E-state index in [-0.39, 0.29) is 18.3 Å². The molecule has 1 aromatic carbocycles. The molecule has 0 aliphatic rings. The molecular weight excluding hydrogens is 286 g/mol. The lowest BCUT2D eigenvalue weighted by Gasteiger charge is -2.12. The molecule has 0 spiro atoms. The summed E-state index contributed by atoms with van der Waals surface area (Å²) in [6.45, 7) is 2.06. The molecule has 0 radical (unpaired) electrons. The van der Waals surface area contributed by atoms with Gasteiger partial charge in [0.15, 0.2) is 0 Å². The van der Waals surface area contributed by atoms with E-state index in [9.17, 15) is 14.7 Å². The number of ether oxygens (including phenoxy) is 2. The van der Waals surface area contributed by atoms with E-state index in [0.29, 0.717) is 30.7 Å². The second-order valence-electron chi connectivity index (χ2n) is 5.02. The van der Waals surface area contributed by atoms with Gasteiger partial charge in [0.25, 0.3) is 5.91 Å². The molecule has 0 aliphatic heterocycles. The Kier molecular flexibility index (Phi) is 7.39. The van der Waals surface area contributed by atoms with Gasteiger partial charge in [-0.25, -0.2) is 0 Å². The summed E-state index contributed by atoms with van der Waals surface area (Å²) in [4.78, 5) is 23.2. The van der Waals surface area contributed by atoms with Crippen LogP contribution in [0.3, 0.4) is 0 Å². The second kappa shape index (κ2) is 9.04. The van der Waals surface area contributed by atoms with Crippen molar-refractivity contribution >= 4 is 11.9 Å². The van der Waals surface area contributed by atoms with E-state index >= 15 is 0 Å². The zero-order valence-electron chi connectivity index (χ0n) is 13.2. The van der Waals surface area contributed by atoms with Crippen molar-refractivity contribution < 1.29 is 24.2 Å². The van der Waals surface area contributed by atoms with Crippen LogP contribution in [0.1, 0.15) is 35.7 Å². The van der Waals surface area contributed by atoms with E-state index in [1.165, 1.54) is 14.2 Å². The maximum absolute atomic E-state index is 12.2. The molecule has 122 valence electrons. The second-order valence-corrected chi connectivity index (χ2v) is 5.02. The Balaban J connectivity index is 2.67. The fraction of sp³-hybridized carbons (Fsp3) is 0.500. The highest BCUT2D eigenvalue weighted by Gasteiger charge is 2.13. The van der Waals surface area contributed by atoms with Crippen molar-refractivity contribution in [3.63, 3.8) is 0 Å². The molecule has 22 heavy (non-hydrogen) atoms. The van der Waals surface area contributed by atoms with E-state index in [1.54, 1.807) is 19.1 Å².